The molecule has 4 amide bonds. The van der Waals surface area contributed by atoms with Crippen LogP contribution in [0, 0.1) is 5.92 Å². The highest BCUT2D eigenvalue weighted by Crippen LogP contribution is 2.35. The molecule has 2 atom stereocenters. The fourth-order valence-corrected chi connectivity index (χ4v) is 2.86. The Bertz CT molecular complexity index is 605. The molecule has 1 aliphatic carbocycles. The van der Waals surface area contributed by atoms with Gasteiger partial charge in [-0.1, -0.05) is 6.08 Å². The molecule has 2 unspecified atom stereocenters. The number of carbonyl (C=O) groups excluding carboxylic acids is 4. The molecular weight excluding hydrogens is 262 g/mol. The third kappa shape index (κ3) is 1.66. The van der Waals surface area contributed by atoms with Crippen LogP contribution in [-0.2, 0) is 19.2 Å². The highest BCUT2D eigenvalue weighted by atomic mass is 16.2. The van der Waals surface area contributed by atoms with Crippen LogP contribution >= 0.6 is 0 Å². The number of hydrogen-bond acceptors (Lipinski definition) is 5. The van der Waals surface area contributed by atoms with E-state index in [1.807, 2.05) is 0 Å². The van der Waals surface area contributed by atoms with Gasteiger partial charge in [-0.3, -0.25) is 29.4 Å². The number of allylic oxidation sites excluding steroid dienone is 2. The molecule has 2 fully saturated rings. The molecule has 2 heterocycles. The van der Waals surface area contributed by atoms with Gasteiger partial charge < -0.3 is 5.73 Å². The van der Waals surface area contributed by atoms with Crippen molar-refractivity contribution < 1.29 is 19.2 Å². The Kier molecular flexibility index (Phi) is 2.70. The zero-order valence-electron chi connectivity index (χ0n) is 10.6. The van der Waals surface area contributed by atoms with E-state index < -0.39 is 29.7 Å². The third-order valence-corrected chi connectivity index (χ3v) is 3.84. The Morgan fingerprint density at radius 1 is 1.25 bits per heavy atom. The van der Waals surface area contributed by atoms with Crippen LogP contribution in [0.4, 0.5) is 0 Å². The van der Waals surface area contributed by atoms with E-state index in [-0.39, 0.29) is 30.0 Å². The standard InChI is InChI=1S/C13H13N3O4/c14-7-3-1-2-6-10(7)13(20)16(12(6)19)8-4-5-9(17)15-11(8)18/h1,3,6,8H,2,4-5,14H2,(H,15,17,18). The Labute approximate surface area is 114 Å². The fraction of sp³-hybridized carbons (Fsp3) is 0.385. The first-order valence-electron chi connectivity index (χ1n) is 6.38. The molecule has 104 valence electrons. The highest BCUT2D eigenvalue weighted by Gasteiger charge is 2.50. The Balaban J connectivity index is 1.94. The lowest BCUT2D eigenvalue weighted by atomic mass is 9.92. The molecule has 3 aliphatic rings. The Morgan fingerprint density at radius 2 is 2.00 bits per heavy atom. The van der Waals surface area contributed by atoms with Crippen LogP contribution in [0.5, 0.6) is 0 Å². The van der Waals surface area contributed by atoms with Crippen molar-refractivity contribution in [2.24, 2.45) is 11.7 Å². The Morgan fingerprint density at radius 3 is 2.65 bits per heavy atom. The minimum atomic E-state index is -0.918. The molecule has 0 saturated carbocycles. The number of rotatable bonds is 1. The number of nitrogens with zero attached hydrogens (tertiary/aromatic N) is 1. The summed E-state index contributed by atoms with van der Waals surface area (Å²) in [5, 5.41) is 2.15. The van der Waals surface area contributed by atoms with Crippen LogP contribution in [-0.4, -0.2) is 34.6 Å². The lowest BCUT2D eigenvalue weighted by Gasteiger charge is -2.27. The van der Waals surface area contributed by atoms with E-state index in [9.17, 15) is 19.2 Å². The number of carbonyl (C=O) groups is 4. The number of nitrogens with two attached hydrogens (primary N) is 1. The van der Waals surface area contributed by atoms with Crippen LogP contribution in [0.25, 0.3) is 0 Å². The van der Waals surface area contributed by atoms with Gasteiger partial charge in [0, 0.05) is 12.1 Å². The number of amides is 4. The topological polar surface area (TPSA) is 110 Å². The summed E-state index contributed by atoms with van der Waals surface area (Å²) in [4.78, 5) is 48.6. The van der Waals surface area contributed by atoms with Crippen molar-refractivity contribution in [3.05, 3.63) is 23.4 Å². The SMILES string of the molecule is NC1=C2C(=O)N(C3CCC(=O)NC3=O)C(=O)C2CC=C1. The first-order valence-corrected chi connectivity index (χ1v) is 6.38. The molecule has 0 spiro atoms. The maximum absolute atomic E-state index is 12.4. The van der Waals surface area contributed by atoms with Gasteiger partial charge in [-0.25, -0.2) is 0 Å². The number of nitrogens with one attached hydrogen (secondary N) is 1. The van der Waals surface area contributed by atoms with E-state index in [0.29, 0.717) is 6.42 Å². The van der Waals surface area contributed by atoms with Crippen molar-refractivity contribution in [1.82, 2.24) is 10.2 Å². The van der Waals surface area contributed by atoms with Crippen molar-refractivity contribution in [2.45, 2.75) is 25.3 Å². The summed E-state index contributed by atoms with van der Waals surface area (Å²) in [6.45, 7) is 0. The van der Waals surface area contributed by atoms with Crippen molar-refractivity contribution in [2.75, 3.05) is 0 Å². The average molecular weight is 275 g/mol. The quantitative estimate of drug-likeness (QED) is 0.593. The summed E-state index contributed by atoms with van der Waals surface area (Å²) in [7, 11) is 0. The second kappa shape index (κ2) is 4.29. The summed E-state index contributed by atoms with van der Waals surface area (Å²) in [6.07, 6.45) is 4.03. The van der Waals surface area contributed by atoms with Gasteiger partial charge in [0.15, 0.2) is 0 Å². The minimum absolute atomic E-state index is 0.116. The maximum Gasteiger partial charge on any atom is 0.260 e. The van der Waals surface area contributed by atoms with E-state index in [2.05, 4.69) is 5.32 Å². The summed E-state index contributed by atoms with van der Waals surface area (Å²) in [6, 6.07) is -0.918. The number of imide groups is 2. The van der Waals surface area contributed by atoms with Crippen LogP contribution in [0.2, 0.25) is 0 Å². The van der Waals surface area contributed by atoms with E-state index in [1.165, 1.54) is 0 Å². The Hall–Kier alpha value is -2.44. The second-order valence-corrected chi connectivity index (χ2v) is 5.04. The minimum Gasteiger partial charge on any atom is -0.398 e. The first-order chi connectivity index (χ1) is 9.50. The number of fused-ring (bicyclic) bond motifs is 1. The lowest BCUT2D eigenvalue weighted by Crippen LogP contribution is -2.54. The molecular formula is C13H13N3O4. The largest absolute Gasteiger partial charge is 0.398 e. The van der Waals surface area contributed by atoms with Crippen LogP contribution < -0.4 is 11.1 Å². The summed E-state index contributed by atoms with van der Waals surface area (Å²) in [5.41, 5.74) is 6.30. The molecule has 7 nitrogen and oxygen atoms in total. The van der Waals surface area contributed by atoms with Gasteiger partial charge in [-0.05, 0) is 18.9 Å². The van der Waals surface area contributed by atoms with Gasteiger partial charge in [-0.15, -0.1) is 0 Å². The molecule has 0 aromatic heterocycles. The third-order valence-electron chi connectivity index (χ3n) is 3.84. The van der Waals surface area contributed by atoms with E-state index in [4.69, 9.17) is 5.73 Å². The number of piperidine rings is 1. The second-order valence-electron chi connectivity index (χ2n) is 5.04. The molecule has 0 bridgehead atoms. The van der Waals surface area contributed by atoms with Gasteiger partial charge in [-0.2, -0.15) is 0 Å². The van der Waals surface area contributed by atoms with Crippen molar-refractivity contribution >= 4 is 23.6 Å². The van der Waals surface area contributed by atoms with Gasteiger partial charge in [0.1, 0.15) is 6.04 Å². The van der Waals surface area contributed by atoms with Gasteiger partial charge in [0.05, 0.1) is 11.5 Å². The van der Waals surface area contributed by atoms with Crippen LogP contribution in [0.15, 0.2) is 23.4 Å². The summed E-state index contributed by atoms with van der Waals surface area (Å²) in [5.74, 6) is -2.52. The predicted molar refractivity (Wildman–Crippen MR) is 66.5 cm³/mol. The maximum atomic E-state index is 12.4. The number of hydrogen-bond donors (Lipinski definition) is 2. The van der Waals surface area contributed by atoms with Crippen LogP contribution in [0.3, 0.4) is 0 Å². The molecule has 0 aromatic carbocycles. The smallest absolute Gasteiger partial charge is 0.260 e. The van der Waals surface area contributed by atoms with Crippen molar-refractivity contribution in [3.8, 4) is 0 Å². The summed E-state index contributed by atoms with van der Waals surface area (Å²) >= 11 is 0. The molecule has 0 aromatic rings. The van der Waals surface area contributed by atoms with Gasteiger partial charge in [0.2, 0.25) is 17.7 Å². The highest BCUT2D eigenvalue weighted by molar-refractivity contribution is 6.18. The van der Waals surface area contributed by atoms with Crippen molar-refractivity contribution in [3.63, 3.8) is 0 Å². The zero-order chi connectivity index (χ0) is 14.4. The van der Waals surface area contributed by atoms with E-state index >= 15 is 0 Å². The van der Waals surface area contributed by atoms with Crippen LogP contribution in [0.1, 0.15) is 19.3 Å². The molecule has 7 heteroatoms. The molecule has 3 N–H and O–H groups in total. The predicted octanol–water partition coefficient (Wildman–Crippen LogP) is -1.05. The molecule has 0 radical (unpaired) electrons. The molecule has 20 heavy (non-hydrogen) atoms. The number of likely N-dealkylation sites (tertiary alicyclic amines) is 1. The van der Waals surface area contributed by atoms with Gasteiger partial charge in [0.25, 0.3) is 5.91 Å². The van der Waals surface area contributed by atoms with E-state index in [0.717, 1.165) is 4.90 Å². The first kappa shape index (κ1) is 12.6. The summed E-state index contributed by atoms with van der Waals surface area (Å²) < 4.78 is 0. The molecule has 2 saturated heterocycles. The fourth-order valence-electron chi connectivity index (χ4n) is 2.86. The average Bonchev–Trinajstić information content (AvgIpc) is 2.64. The van der Waals surface area contributed by atoms with E-state index in [1.54, 1.807) is 12.2 Å². The van der Waals surface area contributed by atoms with Crippen molar-refractivity contribution in [1.29, 1.82) is 0 Å². The lowest BCUT2D eigenvalue weighted by molar-refractivity contribution is -0.150. The molecule has 3 rings (SSSR count). The van der Waals surface area contributed by atoms with Gasteiger partial charge >= 0.3 is 0 Å². The zero-order valence-corrected chi connectivity index (χ0v) is 10.6. The molecule has 2 aliphatic heterocycles. The normalized spacial score (nSPS) is 29.9. The monoisotopic (exact) mass is 275 g/mol.